The van der Waals surface area contributed by atoms with Crippen LogP contribution in [0.15, 0.2) is 24.3 Å². The second-order valence-electron chi connectivity index (χ2n) is 4.68. The van der Waals surface area contributed by atoms with Gasteiger partial charge in [-0.3, -0.25) is 4.79 Å². The summed E-state index contributed by atoms with van der Waals surface area (Å²) < 4.78 is 5.15. The lowest BCUT2D eigenvalue weighted by Gasteiger charge is -2.21. The molecule has 0 spiro atoms. The summed E-state index contributed by atoms with van der Waals surface area (Å²) in [5.41, 5.74) is 2.46. The molecule has 0 amide bonds. The van der Waals surface area contributed by atoms with E-state index in [-0.39, 0.29) is 18.3 Å². The zero-order valence-corrected chi connectivity index (χ0v) is 9.90. The van der Waals surface area contributed by atoms with Crippen LogP contribution < -0.4 is 0 Å². The lowest BCUT2D eigenvalue weighted by Crippen LogP contribution is -2.25. The maximum Gasteiger partial charge on any atom is 0.165 e. The Morgan fingerprint density at radius 2 is 1.94 bits per heavy atom. The molecule has 86 valence electrons. The quantitative estimate of drug-likeness (QED) is 0.763. The van der Waals surface area contributed by atoms with Crippen LogP contribution in [0.2, 0.25) is 0 Å². The fourth-order valence-electron chi connectivity index (χ4n) is 2.10. The smallest absolute Gasteiger partial charge is 0.165 e. The van der Waals surface area contributed by atoms with Crippen molar-refractivity contribution >= 4 is 5.78 Å². The van der Waals surface area contributed by atoms with E-state index >= 15 is 0 Å². The van der Waals surface area contributed by atoms with E-state index in [9.17, 15) is 4.79 Å². The van der Waals surface area contributed by atoms with Gasteiger partial charge in [0, 0.05) is 12.5 Å². The van der Waals surface area contributed by atoms with Crippen LogP contribution in [0.4, 0.5) is 0 Å². The molecule has 1 aromatic rings. The molecule has 1 unspecified atom stereocenters. The first-order valence-electron chi connectivity index (χ1n) is 5.89. The minimum absolute atomic E-state index is 0.0509. The van der Waals surface area contributed by atoms with Crippen LogP contribution in [0.3, 0.4) is 0 Å². The minimum atomic E-state index is 0.0509. The number of rotatable bonds is 2. The highest BCUT2D eigenvalue weighted by Crippen LogP contribution is 2.25. The predicted octanol–water partition coefficient (Wildman–Crippen LogP) is 2.88. The first kappa shape index (κ1) is 11.3. The summed E-state index contributed by atoms with van der Waals surface area (Å²) in [5, 5.41) is 0. The Bertz CT molecular complexity index is 365. The highest BCUT2D eigenvalue weighted by atomic mass is 16.5. The second-order valence-corrected chi connectivity index (χ2v) is 4.68. The Hall–Kier alpha value is -1.15. The number of carbonyl (C=O) groups excluding carboxylic acids is 1. The zero-order chi connectivity index (χ0) is 11.5. The molecule has 2 nitrogen and oxygen atoms in total. The van der Waals surface area contributed by atoms with Crippen molar-refractivity contribution < 1.29 is 9.53 Å². The molecule has 0 saturated carbocycles. The molecule has 1 saturated heterocycles. The summed E-state index contributed by atoms with van der Waals surface area (Å²) in [5.74, 6) is 0.804. The van der Waals surface area contributed by atoms with Crippen LogP contribution in [-0.2, 0) is 9.53 Å². The van der Waals surface area contributed by atoms with Gasteiger partial charge in [-0.1, -0.05) is 38.1 Å². The Morgan fingerprint density at radius 3 is 2.50 bits per heavy atom. The Kier molecular flexibility index (Phi) is 3.39. The SMILES string of the molecule is CC(C)c1ccc(C2CCOCC2=O)cc1. The van der Waals surface area contributed by atoms with E-state index in [2.05, 4.69) is 38.1 Å². The molecule has 2 rings (SSSR count). The predicted molar refractivity (Wildman–Crippen MR) is 63.7 cm³/mol. The zero-order valence-electron chi connectivity index (χ0n) is 9.90. The number of Topliss-reactive ketones (excluding diaryl/α,β-unsaturated/α-hetero) is 1. The van der Waals surface area contributed by atoms with Crippen LogP contribution in [-0.4, -0.2) is 19.0 Å². The fourth-order valence-corrected chi connectivity index (χ4v) is 2.10. The van der Waals surface area contributed by atoms with Gasteiger partial charge >= 0.3 is 0 Å². The third kappa shape index (κ3) is 2.33. The number of benzene rings is 1. The topological polar surface area (TPSA) is 26.3 Å². The maximum atomic E-state index is 11.7. The van der Waals surface area contributed by atoms with Crippen molar-refractivity contribution in [2.75, 3.05) is 13.2 Å². The third-order valence-corrected chi connectivity index (χ3v) is 3.19. The minimum Gasteiger partial charge on any atom is -0.374 e. The molecule has 1 atom stereocenters. The number of hydrogen-bond donors (Lipinski definition) is 0. The molecule has 0 radical (unpaired) electrons. The van der Waals surface area contributed by atoms with Crippen molar-refractivity contribution in [2.45, 2.75) is 32.1 Å². The molecular formula is C14H18O2. The Balaban J connectivity index is 2.17. The normalized spacial score (nSPS) is 21.4. The number of ether oxygens (including phenoxy) is 1. The summed E-state index contributed by atoms with van der Waals surface area (Å²) in [6, 6.07) is 8.43. The summed E-state index contributed by atoms with van der Waals surface area (Å²) in [7, 11) is 0. The van der Waals surface area contributed by atoms with E-state index in [0.717, 1.165) is 12.0 Å². The average Bonchev–Trinajstić information content (AvgIpc) is 2.30. The van der Waals surface area contributed by atoms with Crippen molar-refractivity contribution in [1.82, 2.24) is 0 Å². The number of carbonyl (C=O) groups is 1. The van der Waals surface area contributed by atoms with Gasteiger partial charge in [-0.15, -0.1) is 0 Å². The molecule has 1 fully saturated rings. The van der Waals surface area contributed by atoms with Gasteiger partial charge in [0.1, 0.15) is 6.61 Å². The van der Waals surface area contributed by atoms with Crippen LogP contribution in [0.25, 0.3) is 0 Å². The molecule has 0 aromatic heterocycles. The summed E-state index contributed by atoms with van der Waals surface area (Å²) >= 11 is 0. The lowest BCUT2D eigenvalue weighted by molar-refractivity contribution is -0.129. The standard InChI is InChI=1S/C14H18O2/c1-10(2)11-3-5-12(6-4-11)13-7-8-16-9-14(13)15/h3-6,10,13H,7-9H2,1-2H3. The van der Waals surface area contributed by atoms with Crippen LogP contribution in [0.1, 0.15) is 43.2 Å². The van der Waals surface area contributed by atoms with Gasteiger partial charge < -0.3 is 4.74 Å². The number of hydrogen-bond acceptors (Lipinski definition) is 2. The van der Waals surface area contributed by atoms with Crippen molar-refractivity contribution in [1.29, 1.82) is 0 Å². The monoisotopic (exact) mass is 218 g/mol. The molecular weight excluding hydrogens is 200 g/mol. The van der Waals surface area contributed by atoms with Crippen molar-refractivity contribution in [3.8, 4) is 0 Å². The van der Waals surface area contributed by atoms with Gasteiger partial charge in [-0.2, -0.15) is 0 Å². The third-order valence-electron chi connectivity index (χ3n) is 3.19. The van der Waals surface area contributed by atoms with Crippen LogP contribution in [0, 0.1) is 0 Å². The first-order valence-corrected chi connectivity index (χ1v) is 5.89. The van der Waals surface area contributed by atoms with E-state index in [0.29, 0.717) is 12.5 Å². The van der Waals surface area contributed by atoms with E-state index < -0.39 is 0 Å². The number of ketones is 1. The van der Waals surface area contributed by atoms with Crippen LogP contribution >= 0.6 is 0 Å². The van der Waals surface area contributed by atoms with E-state index in [1.807, 2.05) is 0 Å². The summed E-state index contributed by atoms with van der Waals surface area (Å²) in [6.45, 7) is 5.32. The largest absolute Gasteiger partial charge is 0.374 e. The van der Waals surface area contributed by atoms with Crippen molar-refractivity contribution in [2.24, 2.45) is 0 Å². The molecule has 1 aromatic carbocycles. The van der Waals surface area contributed by atoms with E-state index in [1.54, 1.807) is 0 Å². The van der Waals surface area contributed by atoms with Gasteiger partial charge in [-0.25, -0.2) is 0 Å². The van der Waals surface area contributed by atoms with Crippen molar-refractivity contribution in [3.05, 3.63) is 35.4 Å². The molecule has 1 aliphatic rings. The molecule has 0 aliphatic carbocycles. The first-order chi connectivity index (χ1) is 7.68. The molecule has 1 aliphatic heterocycles. The molecule has 0 N–H and O–H groups in total. The Labute approximate surface area is 96.6 Å². The van der Waals surface area contributed by atoms with Crippen molar-refractivity contribution in [3.63, 3.8) is 0 Å². The summed E-state index contributed by atoms with van der Waals surface area (Å²) in [4.78, 5) is 11.7. The fraction of sp³-hybridized carbons (Fsp3) is 0.500. The molecule has 2 heteroatoms. The van der Waals surface area contributed by atoms with Gasteiger partial charge in [0.05, 0.1) is 0 Å². The average molecular weight is 218 g/mol. The van der Waals surface area contributed by atoms with Gasteiger partial charge in [0.2, 0.25) is 0 Å². The highest BCUT2D eigenvalue weighted by molar-refractivity contribution is 5.87. The molecule has 1 heterocycles. The van der Waals surface area contributed by atoms with E-state index in [1.165, 1.54) is 5.56 Å². The van der Waals surface area contributed by atoms with Gasteiger partial charge in [-0.05, 0) is 23.5 Å². The summed E-state index contributed by atoms with van der Waals surface area (Å²) in [6.07, 6.45) is 0.819. The maximum absolute atomic E-state index is 11.7. The van der Waals surface area contributed by atoms with Gasteiger partial charge in [0.25, 0.3) is 0 Å². The second kappa shape index (κ2) is 4.79. The Morgan fingerprint density at radius 1 is 1.25 bits per heavy atom. The molecule has 0 bridgehead atoms. The van der Waals surface area contributed by atoms with Crippen LogP contribution in [0.5, 0.6) is 0 Å². The molecule has 16 heavy (non-hydrogen) atoms. The lowest BCUT2D eigenvalue weighted by atomic mass is 9.89. The highest BCUT2D eigenvalue weighted by Gasteiger charge is 2.24. The van der Waals surface area contributed by atoms with Gasteiger partial charge in [0.15, 0.2) is 5.78 Å². The van der Waals surface area contributed by atoms with E-state index in [4.69, 9.17) is 4.74 Å².